The van der Waals surface area contributed by atoms with Gasteiger partial charge in [0.2, 0.25) is 0 Å². The SMILES string of the molecule is c1ccc(-c2ccc(-c3ccc(N(c4ccccc4-c4cccc(-c5cccc6c(-c7ccc(-c8ccc(N(c9ccccc9-c9cccc(-c%10cccc%11ccccc%10%11)c9)c9cc%10ccccc%10c%10ccccc9%10)cc8)cc7)cccc56)c4)c4cc5ccccc5c5ccccc45)cc3)cc2)cc1. The lowest BCUT2D eigenvalue weighted by molar-refractivity contribution is 1.30. The Kier molecular flexibility index (Phi) is 15.6. The van der Waals surface area contributed by atoms with Crippen LogP contribution in [0.25, 0.3) is 154 Å². The third kappa shape index (κ3) is 11.2. The van der Waals surface area contributed by atoms with Crippen molar-refractivity contribution in [2.75, 3.05) is 9.80 Å². The second kappa shape index (κ2) is 26.5. The largest absolute Gasteiger partial charge is 0.309 e. The predicted octanol–water partition coefficient (Wildman–Crippen LogP) is 28.9. The summed E-state index contributed by atoms with van der Waals surface area (Å²) in [5, 5.41) is 14.6. The van der Waals surface area contributed by atoms with Crippen LogP contribution in [0, 0.1) is 0 Å². The highest BCUT2D eigenvalue weighted by atomic mass is 15.2. The standard InChI is InChI=1S/C102H68N2/c1-2-23-69(24-3-1)70-49-51-71(52-50-70)73-57-61-83(62-58-73)104(102-68-82-27-6-9-35-89(82)96-39-11-13-41-98(96)102)100-48-17-15-37-92(100)80-32-19-30-78(66-80)90-44-22-45-93-86(43-21-46-94(90)93)76-55-53-72(54-56-76)74-59-63-84(64-60-74)103(101-67-81-26-5-8-34-88(81)95-38-10-12-40-97(95)101)99-47-16-14-36-91(99)79-31-18-29-77(65-79)87-42-20-28-75-25-4-7-33-85(75)87/h1-68H. The molecule has 19 aromatic carbocycles. The Morgan fingerprint density at radius 2 is 0.394 bits per heavy atom. The summed E-state index contributed by atoms with van der Waals surface area (Å²) in [6, 6.07) is 152. The van der Waals surface area contributed by atoms with E-state index in [1.807, 2.05) is 0 Å². The zero-order valence-corrected chi connectivity index (χ0v) is 57.2. The number of hydrogen-bond acceptors (Lipinski definition) is 2. The molecule has 0 atom stereocenters. The zero-order chi connectivity index (χ0) is 68.9. The molecule has 0 radical (unpaired) electrons. The average Bonchev–Trinajstić information content (AvgIpc) is 0.748. The van der Waals surface area contributed by atoms with E-state index in [1.54, 1.807) is 0 Å². The summed E-state index contributed by atoms with van der Waals surface area (Å²) in [6.45, 7) is 0. The van der Waals surface area contributed by atoms with Crippen molar-refractivity contribution < 1.29 is 0 Å². The van der Waals surface area contributed by atoms with Crippen LogP contribution in [0.3, 0.4) is 0 Å². The van der Waals surface area contributed by atoms with Gasteiger partial charge in [-0.15, -0.1) is 0 Å². The first-order chi connectivity index (χ1) is 51.6. The van der Waals surface area contributed by atoms with Crippen LogP contribution < -0.4 is 9.80 Å². The van der Waals surface area contributed by atoms with Crippen molar-refractivity contribution in [2.45, 2.75) is 0 Å². The summed E-state index contributed by atoms with van der Waals surface area (Å²) in [6.07, 6.45) is 0. The first-order valence-corrected chi connectivity index (χ1v) is 35.9. The molecule has 0 amide bonds. The van der Waals surface area contributed by atoms with Crippen LogP contribution in [-0.2, 0) is 0 Å². The van der Waals surface area contributed by atoms with Crippen LogP contribution in [0.15, 0.2) is 413 Å². The fourth-order valence-electron chi connectivity index (χ4n) is 16.0. The second-order valence-corrected chi connectivity index (χ2v) is 27.0. The highest BCUT2D eigenvalue weighted by Gasteiger charge is 2.24. The molecule has 2 heteroatoms. The van der Waals surface area contributed by atoms with Crippen LogP contribution in [0.4, 0.5) is 34.1 Å². The highest BCUT2D eigenvalue weighted by molar-refractivity contribution is 6.17. The Morgan fingerprint density at radius 1 is 0.125 bits per heavy atom. The van der Waals surface area contributed by atoms with E-state index < -0.39 is 0 Å². The van der Waals surface area contributed by atoms with Crippen LogP contribution in [-0.4, -0.2) is 0 Å². The lowest BCUT2D eigenvalue weighted by Crippen LogP contribution is -2.12. The molecular formula is C102H68N2. The molecule has 104 heavy (non-hydrogen) atoms. The van der Waals surface area contributed by atoms with Crippen molar-refractivity contribution in [3.8, 4) is 89.0 Å². The molecule has 0 heterocycles. The van der Waals surface area contributed by atoms with Gasteiger partial charge in [-0.25, -0.2) is 0 Å². The zero-order valence-electron chi connectivity index (χ0n) is 57.2. The molecule has 0 aliphatic rings. The monoisotopic (exact) mass is 1320 g/mol. The Morgan fingerprint density at radius 3 is 0.856 bits per heavy atom. The number of para-hydroxylation sites is 2. The van der Waals surface area contributed by atoms with Gasteiger partial charge in [-0.1, -0.05) is 352 Å². The molecule has 0 fully saturated rings. The third-order valence-corrected chi connectivity index (χ3v) is 21.1. The van der Waals surface area contributed by atoms with E-state index in [-0.39, 0.29) is 0 Å². The number of benzene rings is 19. The summed E-state index contributed by atoms with van der Waals surface area (Å²) in [4.78, 5) is 4.95. The number of nitrogens with zero attached hydrogens (tertiary/aromatic N) is 2. The Labute approximate surface area is 606 Å². The molecule has 0 aliphatic carbocycles. The van der Waals surface area contributed by atoms with Crippen LogP contribution in [0.5, 0.6) is 0 Å². The first kappa shape index (κ1) is 61.4. The predicted molar refractivity (Wildman–Crippen MR) is 444 cm³/mol. The number of rotatable bonds is 14. The maximum Gasteiger partial charge on any atom is 0.0546 e. The van der Waals surface area contributed by atoms with Crippen LogP contribution >= 0.6 is 0 Å². The van der Waals surface area contributed by atoms with E-state index >= 15 is 0 Å². The van der Waals surface area contributed by atoms with E-state index in [2.05, 4.69) is 422 Å². The highest BCUT2D eigenvalue weighted by Crippen LogP contribution is 2.50. The van der Waals surface area contributed by atoms with Crippen molar-refractivity contribution in [1.82, 2.24) is 0 Å². The van der Waals surface area contributed by atoms with Gasteiger partial charge in [0.15, 0.2) is 0 Å². The van der Waals surface area contributed by atoms with Gasteiger partial charge in [0.1, 0.15) is 0 Å². The van der Waals surface area contributed by atoms with Gasteiger partial charge >= 0.3 is 0 Å². The fraction of sp³-hybridized carbons (Fsp3) is 0. The van der Waals surface area contributed by atoms with E-state index in [9.17, 15) is 0 Å². The Balaban J connectivity index is 0.655. The normalized spacial score (nSPS) is 11.5. The smallest absolute Gasteiger partial charge is 0.0546 e. The number of hydrogen-bond donors (Lipinski definition) is 0. The van der Waals surface area contributed by atoms with Crippen LogP contribution in [0.2, 0.25) is 0 Å². The molecule has 0 saturated carbocycles. The second-order valence-electron chi connectivity index (χ2n) is 27.0. The molecule has 19 aromatic rings. The molecule has 0 bridgehead atoms. The molecular weight excluding hydrogens is 1250 g/mol. The quantitative estimate of drug-likeness (QED) is 0.100. The molecule has 19 rings (SSSR count). The molecule has 0 unspecified atom stereocenters. The van der Waals surface area contributed by atoms with Gasteiger partial charge in [-0.2, -0.15) is 0 Å². The number of fused-ring (bicyclic) bond motifs is 8. The molecule has 0 N–H and O–H groups in total. The van der Waals surface area contributed by atoms with E-state index in [0.717, 1.165) is 73.1 Å². The van der Waals surface area contributed by atoms with Crippen molar-refractivity contribution in [3.05, 3.63) is 413 Å². The maximum absolute atomic E-state index is 2.47. The summed E-state index contributed by atoms with van der Waals surface area (Å²) in [5.74, 6) is 0. The minimum atomic E-state index is 1.07. The molecule has 0 aliphatic heterocycles. The summed E-state index contributed by atoms with van der Waals surface area (Å²) in [5.41, 5.74) is 25.4. The van der Waals surface area contributed by atoms with Gasteiger partial charge in [-0.3, -0.25) is 0 Å². The Hall–Kier alpha value is -13.7. The maximum atomic E-state index is 2.47. The fourth-order valence-corrected chi connectivity index (χ4v) is 16.0. The minimum absolute atomic E-state index is 1.07. The summed E-state index contributed by atoms with van der Waals surface area (Å²) >= 11 is 0. The van der Waals surface area contributed by atoms with Crippen molar-refractivity contribution in [1.29, 1.82) is 0 Å². The van der Waals surface area contributed by atoms with Gasteiger partial charge in [0.05, 0.1) is 22.7 Å². The molecule has 2 nitrogen and oxygen atoms in total. The van der Waals surface area contributed by atoms with Gasteiger partial charge in [-0.05, 0) is 192 Å². The van der Waals surface area contributed by atoms with E-state index in [0.29, 0.717) is 0 Å². The van der Waals surface area contributed by atoms with Crippen LogP contribution in [0.1, 0.15) is 0 Å². The molecule has 0 aromatic heterocycles. The van der Waals surface area contributed by atoms with Gasteiger partial charge < -0.3 is 9.80 Å². The summed E-state index contributed by atoms with van der Waals surface area (Å²) < 4.78 is 0. The summed E-state index contributed by atoms with van der Waals surface area (Å²) in [7, 11) is 0. The third-order valence-electron chi connectivity index (χ3n) is 21.1. The molecule has 0 spiro atoms. The average molecular weight is 1320 g/mol. The van der Waals surface area contributed by atoms with Crippen molar-refractivity contribution in [2.24, 2.45) is 0 Å². The Bertz CT molecular complexity index is 6450. The molecule has 486 valence electrons. The van der Waals surface area contributed by atoms with E-state index in [4.69, 9.17) is 0 Å². The number of anilines is 6. The van der Waals surface area contributed by atoms with Gasteiger partial charge in [0.25, 0.3) is 0 Å². The van der Waals surface area contributed by atoms with Gasteiger partial charge in [0, 0.05) is 33.3 Å². The molecule has 0 saturated heterocycles. The lowest BCUT2D eigenvalue weighted by Gasteiger charge is -2.30. The first-order valence-electron chi connectivity index (χ1n) is 35.9. The minimum Gasteiger partial charge on any atom is -0.309 e. The lowest BCUT2D eigenvalue weighted by atomic mass is 9.91. The van der Waals surface area contributed by atoms with E-state index in [1.165, 1.54) is 115 Å². The van der Waals surface area contributed by atoms with Crippen molar-refractivity contribution >= 4 is 98.8 Å². The topological polar surface area (TPSA) is 6.48 Å². The van der Waals surface area contributed by atoms with Crippen molar-refractivity contribution in [3.63, 3.8) is 0 Å².